The van der Waals surface area contributed by atoms with Crippen LogP contribution in [0, 0.1) is 0 Å². The molecule has 0 N–H and O–H groups in total. The molecule has 3 heteroatoms. The third-order valence-corrected chi connectivity index (χ3v) is 4.41. The van der Waals surface area contributed by atoms with Gasteiger partial charge in [0.15, 0.2) is 0 Å². The first-order chi connectivity index (χ1) is 10.9. The molecule has 0 amide bonds. The van der Waals surface area contributed by atoms with Crippen LogP contribution in [-0.4, -0.2) is 15.0 Å². The molecule has 5 rings (SSSR count). The van der Waals surface area contributed by atoms with Gasteiger partial charge in [-0.05, 0) is 40.5 Å². The van der Waals surface area contributed by atoms with Crippen molar-refractivity contribution in [1.82, 2.24) is 15.0 Å². The Morgan fingerprint density at radius 2 is 1.59 bits per heavy atom. The number of hydrogen-bond acceptors (Lipinski definition) is 2. The fourth-order valence-electron chi connectivity index (χ4n) is 3.39. The Balaban J connectivity index is 1.79. The van der Waals surface area contributed by atoms with E-state index in [0.717, 1.165) is 23.1 Å². The van der Waals surface area contributed by atoms with Gasteiger partial charge in [-0.1, -0.05) is 53.7 Å². The van der Waals surface area contributed by atoms with E-state index in [1.807, 2.05) is 22.9 Å². The largest absolute Gasteiger partial charge is 0.213 e. The molecule has 1 aliphatic carbocycles. The second-order valence-electron chi connectivity index (χ2n) is 5.63. The van der Waals surface area contributed by atoms with E-state index in [4.69, 9.17) is 0 Å². The molecule has 3 nitrogen and oxygen atoms in total. The third-order valence-electron chi connectivity index (χ3n) is 4.41. The van der Waals surface area contributed by atoms with Gasteiger partial charge in [-0.3, -0.25) is 0 Å². The van der Waals surface area contributed by atoms with E-state index >= 15 is 0 Å². The third kappa shape index (κ3) is 1.51. The van der Waals surface area contributed by atoms with Crippen LogP contribution in [0.25, 0.3) is 27.8 Å². The van der Waals surface area contributed by atoms with E-state index in [1.165, 1.54) is 22.3 Å². The van der Waals surface area contributed by atoms with Crippen LogP contribution in [0.3, 0.4) is 0 Å². The molecular formula is C19H13N3. The van der Waals surface area contributed by atoms with Crippen molar-refractivity contribution in [2.75, 3.05) is 0 Å². The van der Waals surface area contributed by atoms with Gasteiger partial charge >= 0.3 is 0 Å². The van der Waals surface area contributed by atoms with Crippen LogP contribution in [0.2, 0.25) is 0 Å². The molecule has 104 valence electrons. The van der Waals surface area contributed by atoms with E-state index in [-0.39, 0.29) is 0 Å². The number of fused-ring (bicyclic) bond motifs is 4. The summed E-state index contributed by atoms with van der Waals surface area (Å²) in [5.74, 6) is 0. The molecule has 1 heterocycles. The molecule has 0 atom stereocenters. The molecule has 0 fully saturated rings. The summed E-state index contributed by atoms with van der Waals surface area (Å²) in [6, 6.07) is 23.1. The lowest BCUT2D eigenvalue weighted by molar-refractivity contribution is 0.817. The highest BCUT2D eigenvalue weighted by Gasteiger charge is 2.22. The molecule has 1 aromatic heterocycles. The first kappa shape index (κ1) is 11.7. The molecule has 22 heavy (non-hydrogen) atoms. The number of aromatic nitrogens is 3. The van der Waals surface area contributed by atoms with Gasteiger partial charge in [0.05, 0.1) is 11.2 Å². The summed E-state index contributed by atoms with van der Waals surface area (Å²) in [5, 5.41) is 8.66. The zero-order valence-corrected chi connectivity index (χ0v) is 11.9. The highest BCUT2D eigenvalue weighted by Crippen LogP contribution is 2.39. The van der Waals surface area contributed by atoms with Gasteiger partial charge in [0, 0.05) is 6.42 Å². The minimum Gasteiger partial charge on any atom is -0.213 e. The average Bonchev–Trinajstić information content (AvgIpc) is 3.16. The summed E-state index contributed by atoms with van der Waals surface area (Å²) in [5.41, 5.74) is 8.47. The molecule has 0 radical (unpaired) electrons. The Labute approximate surface area is 127 Å². The zero-order chi connectivity index (χ0) is 14.5. The van der Waals surface area contributed by atoms with Crippen LogP contribution in [0.4, 0.5) is 0 Å². The van der Waals surface area contributed by atoms with E-state index in [2.05, 4.69) is 58.8 Å². The van der Waals surface area contributed by atoms with E-state index in [9.17, 15) is 0 Å². The fraction of sp³-hybridized carbons (Fsp3) is 0.0526. The Bertz CT molecular complexity index is 1010. The number of benzene rings is 3. The predicted octanol–water partition coefficient (Wildman–Crippen LogP) is 3.99. The summed E-state index contributed by atoms with van der Waals surface area (Å²) in [4.78, 5) is 0. The highest BCUT2D eigenvalue weighted by molar-refractivity contribution is 5.82. The first-order valence-electron chi connectivity index (χ1n) is 7.43. The molecule has 0 aliphatic heterocycles. The molecule has 3 aromatic carbocycles. The van der Waals surface area contributed by atoms with Gasteiger partial charge in [0.25, 0.3) is 0 Å². The Morgan fingerprint density at radius 1 is 0.773 bits per heavy atom. The molecule has 0 unspecified atom stereocenters. The van der Waals surface area contributed by atoms with Gasteiger partial charge in [0.2, 0.25) is 0 Å². The molecular weight excluding hydrogens is 270 g/mol. The second-order valence-corrected chi connectivity index (χ2v) is 5.63. The van der Waals surface area contributed by atoms with Crippen LogP contribution in [0.15, 0.2) is 66.7 Å². The van der Waals surface area contributed by atoms with Gasteiger partial charge in [-0.2, -0.15) is 0 Å². The van der Waals surface area contributed by atoms with E-state index in [1.54, 1.807) is 0 Å². The van der Waals surface area contributed by atoms with Crippen molar-refractivity contribution in [2.24, 2.45) is 0 Å². The lowest BCUT2D eigenvalue weighted by atomic mass is 10.0. The van der Waals surface area contributed by atoms with Gasteiger partial charge in [-0.25, -0.2) is 4.68 Å². The van der Waals surface area contributed by atoms with Crippen molar-refractivity contribution in [3.05, 3.63) is 77.9 Å². The summed E-state index contributed by atoms with van der Waals surface area (Å²) in [7, 11) is 0. The van der Waals surface area contributed by atoms with Crippen LogP contribution in [-0.2, 0) is 6.42 Å². The number of nitrogens with zero attached hydrogens (tertiary/aromatic N) is 3. The van der Waals surface area contributed by atoms with Crippen molar-refractivity contribution in [3.63, 3.8) is 0 Å². The van der Waals surface area contributed by atoms with Crippen molar-refractivity contribution < 1.29 is 0 Å². The Morgan fingerprint density at radius 3 is 2.59 bits per heavy atom. The molecule has 0 saturated heterocycles. The fourth-order valence-corrected chi connectivity index (χ4v) is 3.39. The topological polar surface area (TPSA) is 30.7 Å². The SMILES string of the molecule is c1ccc2c(c1)Cc1c-2cccc1-n1nnc2ccccc21. The lowest BCUT2D eigenvalue weighted by Crippen LogP contribution is -2.01. The molecule has 0 spiro atoms. The summed E-state index contributed by atoms with van der Waals surface area (Å²) < 4.78 is 1.96. The van der Waals surface area contributed by atoms with Crippen LogP contribution in [0.5, 0.6) is 0 Å². The Hall–Kier alpha value is -2.94. The van der Waals surface area contributed by atoms with Gasteiger partial charge < -0.3 is 0 Å². The van der Waals surface area contributed by atoms with Crippen molar-refractivity contribution >= 4 is 11.0 Å². The van der Waals surface area contributed by atoms with Crippen molar-refractivity contribution in [1.29, 1.82) is 0 Å². The number of rotatable bonds is 1. The quantitative estimate of drug-likeness (QED) is 0.465. The smallest absolute Gasteiger partial charge is 0.113 e. The monoisotopic (exact) mass is 283 g/mol. The van der Waals surface area contributed by atoms with E-state index in [0.29, 0.717) is 0 Å². The maximum Gasteiger partial charge on any atom is 0.113 e. The van der Waals surface area contributed by atoms with Crippen molar-refractivity contribution in [2.45, 2.75) is 6.42 Å². The minimum absolute atomic E-state index is 0.926. The maximum absolute atomic E-state index is 4.37. The zero-order valence-electron chi connectivity index (χ0n) is 11.9. The number of para-hydroxylation sites is 1. The standard InChI is InChI=1S/C19H13N3/c1-2-7-14-13(6-1)12-16-15(14)8-5-11-18(16)22-19-10-4-3-9-17(19)20-21-22/h1-11H,12H2. The Kier molecular flexibility index (Phi) is 2.27. The highest BCUT2D eigenvalue weighted by atomic mass is 15.4. The number of hydrogen-bond donors (Lipinski definition) is 0. The predicted molar refractivity (Wildman–Crippen MR) is 87.1 cm³/mol. The first-order valence-corrected chi connectivity index (χ1v) is 7.43. The van der Waals surface area contributed by atoms with Crippen LogP contribution in [0.1, 0.15) is 11.1 Å². The maximum atomic E-state index is 4.37. The average molecular weight is 283 g/mol. The van der Waals surface area contributed by atoms with Gasteiger partial charge in [-0.15, -0.1) is 5.10 Å². The van der Waals surface area contributed by atoms with Crippen LogP contribution >= 0.6 is 0 Å². The molecule has 0 saturated carbocycles. The molecule has 0 bridgehead atoms. The minimum atomic E-state index is 0.926. The van der Waals surface area contributed by atoms with Crippen LogP contribution < -0.4 is 0 Å². The normalized spacial score (nSPS) is 12.4. The van der Waals surface area contributed by atoms with Crippen molar-refractivity contribution in [3.8, 4) is 16.8 Å². The molecule has 4 aromatic rings. The van der Waals surface area contributed by atoms with Gasteiger partial charge in [0.1, 0.15) is 5.52 Å². The second kappa shape index (κ2) is 4.28. The summed E-state index contributed by atoms with van der Waals surface area (Å²) in [6.45, 7) is 0. The molecule has 1 aliphatic rings. The summed E-state index contributed by atoms with van der Waals surface area (Å²) in [6.07, 6.45) is 0.954. The van der Waals surface area contributed by atoms with E-state index < -0.39 is 0 Å². The lowest BCUT2D eigenvalue weighted by Gasteiger charge is -2.08. The summed E-state index contributed by atoms with van der Waals surface area (Å²) >= 11 is 0.